The van der Waals surface area contributed by atoms with Crippen molar-refractivity contribution < 1.29 is 8.42 Å². The number of aryl methyl sites for hydroxylation is 2. The van der Waals surface area contributed by atoms with Gasteiger partial charge in [-0.15, -0.1) is 0 Å². The first-order chi connectivity index (χ1) is 6.98. The van der Waals surface area contributed by atoms with Gasteiger partial charge >= 0.3 is 0 Å². The highest BCUT2D eigenvalue weighted by atomic mass is 32.2. The van der Waals surface area contributed by atoms with E-state index in [4.69, 9.17) is 0 Å². The number of rotatable bonds is 1. The van der Waals surface area contributed by atoms with Gasteiger partial charge in [-0.3, -0.25) is 4.31 Å². The first kappa shape index (κ1) is 10.5. The molecule has 2 rings (SSSR count). The number of sulfonamides is 1. The summed E-state index contributed by atoms with van der Waals surface area (Å²) in [7, 11) is -3.12. The predicted octanol–water partition coefficient (Wildman–Crippen LogP) is 1.71. The first-order valence-corrected chi connectivity index (χ1v) is 6.90. The van der Waals surface area contributed by atoms with Crippen LogP contribution in [0.25, 0.3) is 0 Å². The number of hydrogen-bond acceptors (Lipinski definition) is 2. The standard InChI is InChI=1S/C11H15NO2S/c1-9-5-6-11-10(8-9)4-3-7-12(11)15(2,13)14/h5-6,8H,3-4,7H2,1-2H3. The number of anilines is 1. The Balaban J connectivity index is 2.52. The van der Waals surface area contributed by atoms with E-state index < -0.39 is 10.0 Å². The molecule has 0 N–H and O–H groups in total. The van der Waals surface area contributed by atoms with Crippen LogP contribution < -0.4 is 4.31 Å². The fraction of sp³-hybridized carbons (Fsp3) is 0.455. The van der Waals surface area contributed by atoms with Crippen molar-refractivity contribution in [1.82, 2.24) is 0 Å². The fourth-order valence-electron chi connectivity index (χ4n) is 2.04. The highest BCUT2D eigenvalue weighted by molar-refractivity contribution is 7.92. The van der Waals surface area contributed by atoms with Gasteiger partial charge in [0.1, 0.15) is 0 Å². The zero-order valence-corrected chi connectivity index (χ0v) is 9.84. The van der Waals surface area contributed by atoms with Crippen LogP contribution in [0, 0.1) is 6.92 Å². The molecular formula is C11H15NO2S. The van der Waals surface area contributed by atoms with Gasteiger partial charge in [0, 0.05) is 6.54 Å². The maximum Gasteiger partial charge on any atom is 0.232 e. The molecule has 1 aliphatic heterocycles. The molecule has 0 amide bonds. The molecule has 15 heavy (non-hydrogen) atoms. The molecule has 1 heterocycles. The Kier molecular flexibility index (Phi) is 2.46. The Labute approximate surface area is 90.8 Å². The maximum atomic E-state index is 11.6. The van der Waals surface area contributed by atoms with Crippen molar-refractivity contribution in [2.45, 2.75) is 19.8 Å². The van der Waals surface area contributed by atoms with Gasteiger partial charge < -0.3 is 0 Å². The van der Waals surface area contributed by atoms with Gasteiger partial charge in [0.25, 0.3) is 0 Å². The van der Waals surface area contributed by atoms with Gasteiger partial charge in [0.15, 0.2) is 0 Å². The predicted molar refractivity (Wildman–Crippen MR) is 61.7 cm³/mol. The monoisotopic (exact) mass is 225 g/mol. The minimum absolute atomic E-state index is 0.606. The van der Waals surface area contributed by atoms with Gasteiger partial charge in [0.2, 0.25) is 10.0 Å². The van der Waals surface area contributed by atoms with Crippen molar-refractivity contribution in [3.05, 3.63) is 29.3 Å². The van der Waals surface area contributed by atoms with Crippen LogP contribution in [0.5, 0.6) is 0 Å². The highest BCUT2D eigenvalue weighted by Crippen LogP contribution is 2.29. The third-order valence-corrected chi connectivity index (χ3v) is 3.89. The molecule has 1 aromatic carbocycles. The van der Waals surface area contributed by atoms with Crippen molar-refractivity contribution in [3.8, 4) is 0 Å². The Morgan fingerprint density at radius 1 is 1.33 bits per heavy atom. The molecule has 1 aromatic rings. The number of hydrogen-bond donors (Lipinski definition) is 0. The van der Waals surface area contributed by atoms with E-state index in [1.54, 1.807) is 0 Å². The molecule has 82 valence electrons. The van der Waals surface area contributed by atoms with E-state index in [-0.39, 0.29) is 0 Å². The van der Waals surface area contributed by atoms with E-state index in [9.17, 15) is 8.42 Å². The van der Waals surface area contributed by atoms with Crippen molar-refractivity contribution in [3.63, 3.8) is 0 Å². The number of nitrogens with zero attached hydrogens (tertiary/aromatic N) is 1. The van der Waals surface area contributed by atoms with Crippen LogP contribution in [-0.2, 0) is 16.4 Å². The molecule has 0 atom stereocenters. The van der Waals surface area contributed by atoms with E-state index in [1.807, 2.05) is 19.1 Å². The number of fused-ring (bicyclic) bond motifs is 1. The molecule has 4 heteroatoms. The Morgan fingerprint density at radius 2 is 2.07 bits per heavy atom. The third kappa shape index (κ3) is 2.00. The Bertz CT molecular complexity index is 479. The molecule has 0 aliphatic carbocycles. The second-order valence-electron chi connectivity index (χ2n) is 4.07. The molecule has 0 aromatic heterocycles. The third-order valence-electron chi connectivity index (χ3n) is 2.71. The van der Waals surface area contributed by atoms with Gasteiger partial charge in [0.05, 0.1) is 11.9 Å². The molecule has 1 aliphatic rings. The summed E-state index contributed by atoms with van der Waals surface area (Å²) in [5.74, 6) is 0. The molecule has 0 spiro atoms. The molecule has 0 saturated carbocycles. The summed E-state index contributed by atoms with van der Waals surface area (Å²) in [5, 5.41) is 0. The van der Waals surface area contributed by atoms with Crippen LogP contribution in [0.3, 0.4) is 0 Å². The van der Waals surface area contributed by atoms with Crippen molar-refractivity contribution >= 4 is 15.7 Å². The lowest BCUT2D eigenvalue weighted by atomic mass is 10.0. The molecule has 0 fully saturated rings. The van der Waals surface area contributed by atoms with Gasteiger partial charge in [-0.2, -0.15) is 0 Å². The van der Waals surface area contributed by atoms with Crippen LogP contribution in [0.15, 0.2) is 18.2 Å². The molecular weight excluding hydrogens is 210 g/mol. The summed E-state index contributed by atoms with van der Waals surface area (Å²) < 4.78 is 24.6. The molecule has 0 bridgehead atoms. The van der Waals surface area contributed by atoms with Crippen LogP contribution in [0.1, 0.15) is 17.5 Å². The smallest absolute Gasteiger partial charge is 0.232 e. The Hall–Kier alpha value is -1.03. The SMILES string of the molecule is Cc1ccc2c(c1)CCCN2S(C)(=O)=O. The minimum atomic E-state index is -3.12. The quantitative estimate of drug-likeness (QED) is 0.729. The summed E-state index contributed by atoms with van der Waals surface area (Å²) in [6.45, 7) is 2.63. The largest absolute Gasteiger partial charge is 0.270 e. The highest BCUT2D eigenvalue weighted by Gasteiger charge is 2.23. The van der Waals surface area contributed by atoms with Crippen LogP contribution >= 0.6 is 0 Å². The topological polar surface area (TPSA) is 37.4 Å². The minimum Gasteiger partial charge on any atom is -0.270 e. The zero-order chi connectivity index (χ0) is 11.1. The van der Waals surface area contributed by atoms with Crippen molar-refractivity contribution in [1.29, 1.82) is 0 Å². The van der Waals surface area contributed by atoms with E-state index in [1.165, 1.54) is 16.1 Å². The molecule has 3 nitrogen and oxygen atoms in total. The summed E-state index contributed by atoms with van der Waals surface area (Å²) >= 11 is 0. The van der Waals surface area contributed by atoms with Crippen LogP contribution in [-0.4, -0.2) is 21.2 Å². The van der Waals surface area contributed by atoms with Crippen molar-refractivity contribution in [2.24, 2.45) is 0 Å². The second-order valence-corrected chi connectivity index (χ2v) is 5.98. The lowest BCUT2D eigenvalue weighted by Crippen LogP contribution is -2.34. The van der Waals surface area contributed by atoms with E-state index in [0.29, 0.717) is 6.54 Å². The van der Waals surface area contributed by atoms with Crippen LogP contribution in [0.4, 0.5) is 5.69 Å². The normalized spacial score (nSPS) is 16.3. The zero-order valence-electron chi connectivity index (χ0n) is 9.03. The first-order valence-electron chi connectivity index (χ1n) is 5.06. The van der Waals surface area contributed by atoms with Crippen LogP contribution in [0.2, 0.25) is 0 Å². The maximum absolute atomic E-state index is 11.6. The van der Waals surface area contributed by atoms with E-state index in [2.05, 4.69) is 6.07 Å². The average molecular weight is 225 g/mol. The lowest BCUT2D eigenvalue weighted by molar-refractivity contribution is 0.592. The van der Waals surface area contributed by atoms with Crippen molar-refractivity contribution in [2.75, 3.05) is 17.1 Å². The summed E-state index contributed by atoms with van der Waals surface area (Å²) in [6.07, 6.45) is 3.15. The van der Waals surface area contributed by atoms with Gasteiger partial charge in [-0.1, -0.05) is 17.7 Å². The molecule has 0 radical (unpaired) electrons. The fourth-order valence-corrected chi connectivity index (χ4v) is 3.03. The van der Waals surface area contributed by atoms with E-state index in [0.717, 1.165) is 24.1 Å². The van der Waals surface area contributed by atoms with Gasteiger partial charge in [-0.25, -0.2) is 8.42 Å². The second kappa shape index (κ2) is 3.52. The van der Waals surface area contributed by atoms with Gasteiger partial charge in [-0.05, 0) is 31.4 Å². The van der Waals surface area contributed by atoms with E-state index >= 15 is 0 Å². The number of benzene rings is 1. The summed E-state index contributed by atoms with van der Waals surface area (Å²) in [4.78, 5) is 0. The lowest BCUT2D eigenvalue weighted by Gasteiger charge is -2.29. The summed E-state index contributed by atoms with van der Waals surface area (Å²) in [5.41, 5.74) is 3.19. The Morgan fingerprint density at radius 3 is 2.73 bits per heavy atom. The molecule has 0 unspecified atom stereocenters. The molecule has 0 saturated heterocycles. The average Bonchev–Trinajstić information content (AvgIpc) is 2.15. The summed E-state index contributed by atoms with van der Waals surface area (Å²) in [6, 6.07) is 5.94.